The van der Waals surface area contributed by atoms with E-state index in [2.05, 4.69) is 191 Å². The molecule has 0 aliphatic rings. The molecule has 8 aromatic carbocycles. The summed E-state index contributed by atoms with van der Waals surface area (Å²) >= 11 is 0. The summed E-state index contributed by atoms with van der Waals surface area (Å²) in [5.74, 6) is 0. The monoisotopic (exact) mass is 610 g/mol. The van der Waals surface area contributed by atoms with Crippen LogP contribution in [0, 0.1) is 0 Å². The third-order valence-corrected chi connectivity index (χ3v) is 9.91. The summed E-state index contributed by atoms with van der Waals surface area (Å²) < 4.78 is 4.82. The number of nitrogens with zero attached hydrogens (tertiary/aromatic N) is 2. The van der Waals surface area contributed by atoms with E-state index >= 15 is 0 Å². The highest BCUT2D eigenvalue weighted by Crippen LogP contribution is 2.43. The Morgan fingerprint density at radius 2 is 0.771 bits per heavy atom. The van der Waals surface area contributed by atoms with Crippen LogP contribution in [0.1, 0.15) is 0 Å². The van der Waals surface area contributed by atoms with Gasteiger partial charge in [0.2, 0.25) is 0 Å². The van der Waals surface area contributed by atoms with Crippen molar-refractivity contribution in [2.75, 3.05) is 0 Å². The highest BCUT2D eigenvalue weighted by Gasteiger charge is 2.19. The third kappa shape index (κ3) is 4.00. The maximum Gasteiger partial charge on any atom is 0.0553 e. The molecule has 48 heavy (non-hydrogen) atoms. The van der Waals surface area contributed by atoms with Gasteiger partial charge < -0.3 is 9.13 Å². The molecule has 0 fully saturated rings. The first-order valence-electron chi connectivity index (χ1n) is 16.5. The number of para-hydroxylation sites is 3. The quantitative estimate of drug-likeness (QED) is 0.188. The fourth-order valence-electron chi connectivity index (χ4n) is 7.78. The Morgan fingerprint density at radius 1 is 0.271 bits per heavy atom. The molecule has 224 valence electrons. The van der Waals surface area contributed by atoms with Crippen LogP contribution in [0.2, 0.25) is 0 Å². The van der Waals surface area contributed by atoms with Crippen molar-refractivity contribution in [1.82, 2.24) is 9.13 Å². The van der Waals surface area contributed by atoms with Crippen LogP contribution < -0.4 is 0 Å². The molecule has 0 spiro atoms. The van der Waals surface area contributed by atoms with E-state index in [1.807, 2.05) is 0 Å². The van der Waals surface area contributed by atoms with Crippen LogP contribution in [-0.4, -0.2) is 9.13 Å². The summed E-state index contributed by atoms with van der Waals surface area (Å²) in [7, 11) is 0. The molecule has 2 heteroatoms. The van der Waals surface area contributed by atoms with E-state index in [1.165, 1.54) is 82.3 Å². The molecule has 0 saturated carbocycles. The first-order valence-corrected chi connectivity index (χ1v) is 16.5. The first-order chi connectivity index (χ1) is 23.8. The molecular formula is C46H30N2. The Hall–Kier alpha value is -6.38. The predicted octanol–water partition coefficient (Wildman–Crippen LogP) is 12.4. The second-order valence-electron chi connectivity index (χ2n) is 12.5. The van der Waals surface area contributed by atoms with Crippen LogP contribution in [0.3, 0.4) is 0 Å². The van der Waals surface area contributed by atoms with Gasteiger partial charge in [-0.2, -0.15) is 0 Å². The second kappa shape index (κ2) is 10.6. The zero-order chi connectivity index (χ0) is 31.6. The summed E-state index contributed by atoms with van der Waals surface area (Å²) in [5, 5.41) is 7.61. The second-order valence-corrected chi connectivity index (χ2v) is 12.5. The van der Waals surface area contributed by atoms with Crippen LogP contribution in [0.5, 0.6) is 0 Å². The van der Waals surface area contributed by atoms with Gasteiger partial charge in [-0.3, -0.25) is 0 Å². The van der Waals surface area contributed by atoms with Crippen LogP contribution in [0.15, 0.2) is 182 Å². The van der Waals surface area contributed by atoms with Crippen molar-refractivity contribution < 1.29 is 0 Å². The van der Waals surface area contributed by atoms with Gasteiger partial charge in [-0.1, -0.05) is 127 Å². The lowest BCUT2D eigenvalue weighted by molar-refractivity contribution is 1.18. The van der Waals surface area contributed by atoms with E-state index in [1.54, 1.807) is 0 Å². The van der Waals surface area contributed by atoms with Crippen molar-refractivity contribution in [3.63, 3.8) is 0 Å². The summed E-state index contributed by atoms with van der Waals surface area (Å²) in [5.41, 5.74) is 12.1. The van der Waals surface area contributed by atoms with E-state index in [4.69, 9.17) is 0 Å². The minimum absolute atomic E-state index is 1.16. The Morgan fingerprint density at radius 3 is 1.52 bits per heavy atom. The third-order valence-electron chi connectivity index (χ3n) is 9.91. The lowest BCUT2D eigenvalue weighted by atomic mass is 9.94. The van der Waals surface area contributed by atoms with E-state index in [9.17, 15) is 0 Å². The normalized spacial score (nSPS) is 11.8. The van der Waals surface area contributed by atoms with Gasteiger partial charge >= 0.3 is 0 Å². The van der Waals surface area contributed by atoms with Crippen LogP contribution >= 0.6 is 0 Å². The van der Waals surface area contributed by atoms with Crippen molar-refractivity contribution in [3.05, 3.63) is 182 Å². The fourth-order valence-corrected chi connectivity index (χ4v) is 7.78. The fraction of sp³-hybridized carbons (Fsp3) is 0. The minimum atomic E-state index is 1.16. The van der Waals surface area contributed by atoms with Crippen molar-refractivity contribution >= 4 is 54.4 Å². The smallest absolute Gasteiger partial charge is 0.0553 e. The zero-order valence-electron chi connectivity index (χ0n) is 26.2. The van der Waals surface area contributed by atoms with Gasteiger partial charge in [-0.25, -0.2) is 0 Å². The van der Waals surface area contributed by atoms with Crippen LogP contribution in [0.25, 0.3) is 88.0 Å². The molecule has 0 saturated heterocycles. The summed E-state index contributed by atoms with van der Waals surface area (Å²) in [4.78, 5) is 0. The predicted molar refractivity (Wildman–Crippen MR) is 203 cm³/mol. The highest BCUT2D eigenvalue weighted by molar-refractivity contribution is 6.24. The Balaban J connectivity index is 1.25. The van der Waals surface area contributed by atoms with E-state index in [0.717, 1.165) is 5.69 Å². The Labute approximate surface area is 278 Å². The van der Waals surface area contributed by atoms with E-state index < -0.39 is 0 Å². The molecule has 10 rings (SSSR count). The molecule has 2 nitrogen and oxygen atoms in total. The maximum absolute atomic E-state index is 2.44. The Bertz CT molecular complexity index is 2800. The number of benzene rings is 8. The van der Waals surface area contributed by atoms with Crippen molar-refractivity contribution in [1.29, 1.82) is 0 Å². The van der Waals surface area contributed by atoms with Gasteiger partial charge in [-0.15, -0.1) is 0 Å². The molecule has 10 aromatic rings. The SMILES string of the molecule is c1ccc(-c2ccc(-n3c4ccccc4c4c5ccccc5c(-c5ccc6c(c5)c5ccccc5n6-c5ccccc5)cc43)cc2)cc1. The molecule has 0 atom stereocenters. The average Bonchev–Trinajstić information content (AvgIpc) is 3.68. The molecule has 0 bridgehead atoms. The molecule has 0 N–H and O–H groups in total. The van der Waals surface area contributed by atoms with Crippen molar-refractivity contribution in [3.8, 4) is 33.6 Å². The van der Waals surface area contributed by atoms with E-state index in [-0.39, 0.29) is 0 Å². The molecule has 2 aromatic heterocycles. The van der Waals surface area contributed by atoms with Gasteiger partial charge in [0.15, 0.2) is 0 Å². The van der Waals surface area contributed by atoms with Gasteiger partial charge in [-0.05, 0) is 87.6 Å². The Kier molecular flexibility index (Phi) is 5.91. The molecule has 0 amide bonds. The average molecular weight is 611 g/mol. The standard InChI is InChI=1S/C46H30N2/c1-3-13-31(14-4-1)32-23-26-35(27-24-32)48-43-22-12-10-20-39(43)46-38-19-8-7-17-36(38)40(30-45(46)48)33-25-28-44-41(29-33)37-18-9-11-21-42(37)47(44)34-15-5-2-6-16-34/h1-30H. The number of hydrogen-bond acceptors (Lipinski definition) is 0. The minimum Gasteiger partial charge on any atom is -0.309 e. The van der Waals surface area contributed by atoms with Crippen LogP contribution in [-0.2, 0) is 0 Å². The molecule has 0 aliphatic carbocycles. The summed E-state index contributed by atoms with van der Waals surface area (Å²) in [6, 6.07) is 66.2. The first kappa shape index (κ1) is 26.8. The molecule has 0 aliphatic heterocycles. The van der Waals surface area contributed by atoms with Crippen LogP contribution in [0.4, 0.5) is 0 Å². The van der Waals surface area contributed by atoms with Crippen molar-refractivity contribution in [2.24, 2.45) is 0 Å². The number of aromatic nitrogens is 2. The topological polar surface area (TPSA) is 9.86 Å². The number of rotatable bonds is 4. The molecule has 2 heterocycles. The van der Waals surface area contributed by atoms with Crippen molar-refractivity contribution in [2.45, 2.75) is 0 Å². The maximum atomic E-state index is 2.44. The van der Waals surface area contributed by atoms with Gasteiger partial charge in [0.05, 0.1) is 22.1 Å². The van der Waals surface area contributed by atoms with Gasteiger partial charge in [0.25, 0.3) is 0 Å². The summed E-state index contributed by atoms with van der Waals surface area (Å²) in [6.07, 6.45) is 0. The van der Waals surface area contributed by atoms with Gasteiger partial charge in [0, 0.05) is 32.9 Å². The van der Waals surface area contributed by atoms with E-state index in [0.29, 0.717) is 0 Å². The lowest BCUT2D eigenvalue weighted by Gasteiger charge is -2.13. The number of fused-ring (bicyclic) bond motifs is 8. The zero-order valence-corrected chi connectivity index (χ0v) is 26.2. The molecule has 0 radical (unpaired) electrons. The van der Waals surface area contributed by atoms with Gasteiger partial charge in [0.1, 0.15) is 0 Å². The molecule has 0 unspecified atom stereocenters. The number of hydrogen-bond donors (Lipinski definition) is 0. The lowest BCUT2D eigenvalue weighted by Crippen LogP contribution is -1.95. The molecular weight excluding hydrogens is 581 g/mol. The highest BCUT2D eigenvalue weighted by atomic mass is 15.0. The summed E-state index contributed by atoms with van der Waals surface area (Å²) in [6.45, 7) is 0. The largest absolute Gasteiger partial charge is 0.309 e.